The second kappa shape index (κ2) is 9.77. The number of nitrogens with one attached hydrogen (secondary N) is 2. The number of aliphatic imine (C=N–C) groups is 1. The summed E-state index contributed by atoms with van der Waals surface area (Å²) in [6, 6.07) is 0. The van der Waals surface area contributed by atoms with E-state index in [1.54, 1.807) is 0 Å². The van der Waals surface area contributed by atoms with Gasteiger partial charge in [-0.05, 0) is 19.3 Å². The fraction of sp³-hybridized carbons (Fsp3) is 0.909. The zero-order valence-electron chi connectivity index (χ0n) is 10.3. The zero-order valence-corrected chi connectivity index (χ0v) is 10.3. The molecule has 90 valence electrons. The molecule has 0 aliphatic carbocycles. The summed E-state index contributed by atoms with van der Waals surface area (Å²) in [5, 5.41) is 3.08. The van der Waals surface area contributed by atoms with Crippen LogP contribution in [-0.4, -0.2) is 19.0 Å². The Labute approximate surface area is 93.7 Å². The van der Waals surface area contributed by atoms with Crippen LogP contribution in [-0.2, 0) is 0 Å². The maximum absolute atomic E-state index is 5.34. The van der Waals surface area contributed by atoms with Crippen molar-refractivity contribution in [2.24, 2.45) is 16.8 Å². The molecule has 0 saturated heterocycles. The van der Waals surface area contributed by atoms with Crippen LogP contribution in [0.2, 0.25) is 0 Å². The van der Waals surface area contributed by atoms with Crippen molar-refractivity contribution in [3.63, 3.8) is 0 Å². The lowest BCUT2D eigenvalue weighted by atomic mass is 10.00. The molecule has 0 radical (unpaired) electrons. The molecule has 0 aromatic rings. The third-order valence-electron chi connectivity index (χ3n) is 2.53. The van der Waals surface area contributed by atoms with Gasteiger partial charge in [0.05, 0.1) is 0 Å². The number of hydrogen-bond donors (Lipinski definition) is 3. The second-order valence-electron chi connectivity index (χ2n) is 3.78. The van der Waals surface area contributed by atoms with Crippen LogP contribution in [0.1, 0.15) is 46.5 Å². The lowest BCUT2D eigenvalue weighted by Gasteiger charge is -2.13. The average Bonchev–Trinajstić information content (AvgIpc) is 2.27. The van der Waals surface area contributed by atoms with Gasteiger partial charge in [-0.1, -0.05) is 33.1 Å². The van der Waals surface area contributed by atoms with Crippen molar-refractivity contribution in [3.8, 4) is 0 Å². The molecule has 0 heterocycles. The Morgan fingerprint density at radius 1 is 1.33 bits per heavy atom. The molecule has 0 spiro atoms. The van der Waals surface area contributed by atoms with Gasteiger partial charge in [0.25, 0.3) is 0 Å². The molecule has 0 amide bonds. The van der Waals surface area contributed by atoms with Gasteiger partial charge in [-0.25, -0.2) is 5.84 Å². The van der Waals surface area contributed by atoms with E-state index < -0.39 is 0 Å². The normalized spacial score (nSPS) is 13.7. The van der Waals surface area contributed by atoms with Crippen LogP contribution in [0.25, 0.3) is 0 Å². The number of hydrazine groups is 1. The zero-order chi connectivity index (χ0) is 11.5. The summed E-state index contributed by atoms with van der Waals surface area (Å²) in [6.45, 7) is 8.18. The molecule has 0 rings (SSSR count). The first-order valence-corrected chi connectivity index (χ1v) is 6.03. The number of unbranched alkanes of at least 4 members (excludes halogenated alkanes) is 1. The van der Waals surface area contributed by atoms with Gasteiger partial charge in [-0.15, -0.1) is 0 Å². The average molecular weight is 214 g/mol. The van der Waals surface area contributed by atoms with Crippen molar-refractivity contribution in [3.05, 3.63) is 0 Å². The van der Waals surface area contributed by atoms with Gasteiger partial charge in [-0.3, -0.25) is 10.4 Å². The molecular formula is C11H26N4. The third-order valence-corrected chi connectivity index (χ3v) is 2.53. The Morgan fingerprint density at radius 3 is 2.53 bits per heavy atom. The number of nitrogens with zero attached hydrogens (tertiary/aromatic N) is 1. The summed E-state index contributed by atoms with van der Waals surface area (Å²) < 4.78 is 0. The van der Waals surface area contributed by atoms with Crippen molar-refractivity contribution >= 4 is 5.96 Å². The second-order valence-corrected chi connectivity index (χ2v) is 3.78. The monoisotopic (exact) mass is 214 g/mol. The lowest BCUT2D eigenvalue weighted by molar-refractivity contribution is 0.461. The molecule has 1 atom stereocenters. The highest BCUT2D eigenvalue weighted by Gasteiger charge is 2.05. The summed E-state index contributed by atoms with van der Waals surface area (Å²) in [4.78, 5) is 4.43. The SMILES string of the molecule is CCCCC(CC)CN=C(NN)NCC. The van der Waals surface area contributed by atoms with Crippen molar-refractivity contribution < 1.29 is 0 Å². The van der Waals surface area contributed by atoms with Gasteiger partial charge >= 0.3 is 0 Å². The fourth-order valence-corrected chi connectivity index (χ4v) is 1.46. The minimum atomic E-state index is 0.687. The summed E-state index contributed by atoms with van der Waals surface area (Å²) in [5.41, 5.74) is 2.58. The van der Waals surface area contributed by atoms with E-state index in [0.717, 1.165) is 13.1 Å². The molecule has 0 fully saturated rings. The number of hydrogen-bond acceptors (Lipinski definition) is 2. The third kappa shape index (κ3) is 7.19. The quantitative estimate of drug-likeness (QED) is 0.261. The first kappa shape index (κ1) is 14.2. The number of nitrogens with two attached hydrogens (primary N) is 1. The fourth-order valence-electron chi connectivity index (χ4n) is 1.46. The van der Waals surface area contributed by atoms with Crippen LogP contribution in [0.3, 0.4) is 0 Å². The molecule has 0 bridgehead atoms. The van der Waals surface area contributed by atoms with Crippen LogP contribution < -0.4 is 16.6 Å². The van der Waals surface area contributed by atoms with Crippen LogP contribution in [0.5, 0.6) is 0 Å². The van der Waals surface area contributed by atoms with Crippen LogP contribution in [0.4, 0.5) is 0 Å². The first-order valence-electron chi connectivity index (χ1n) is 6.03. The molecular weight excluding hydrogens is 188 g/mol. The smallest absolute Gasteiger partial charge is 0.205 e. The van der Waals surface area contributed by atoms with Crippen molar-refractivity contribution in [2.75, 3.05) is 13.1 Å². The Bertz CT molecular complexity index is 168. The minimum Gasteiger partial charge on any atom is -0.356 e. The first-order chi connectivity index (χ1) is 7.28. The van der Waals surface area contributed by atoms with E-state index >= 15 is 0 Å². The van der Waals surface area contributed by atoms with Gasteiger partial charge in [0.1, 0.15) is 0 Å². The summed E-state index contributed by atoms with van der Waals surface area (Å²) in [5.74, 6) is 6.73. The highest BCUT2D eigenvalue weighted by molar-refractivity contribution is 5.79. The Morgan fingerprint density at radius 2 is 2.07 bits per heavy atom. The Balaban J connectivity index is 3.93. The standard InChI is InChI=1S/C11H26N4/c1-4-7-8-10(5-2)9-14-11(15-12)13-6-3/h10H,4-9,12H2,1-3H3,(H2,13,14,15). The van der Waals surface area contributed by atoms with E-state index in [9.17, 15) is 0 Å². The van der Waals surface area contributed by atoms with Crippen molar-refractivity contribution in [1.29, 1.82) is 0 Å². The molecule has 0 saturated carbocycles. The summed E-state index contributed by atoms with van der Waals surface area (Å²) in [7, 11) is 0. The van der Waals surface area contributed by atoms with E-state index in [2.05, 4.69) is 29.6 Å². The van der Waals surface area contributed by atoms with Gasteiger partial charge in [0, 0.05) is 13.1 Å². The molecule has 1 unspecified atom stereocenters. The Hall–Kier alpha value is -0.770. The van der Waals surface area contributed by atoms with E-state index in [4.69, 9.17) is 5.84 Å². The van der Waals surface area contributed by atoms with Crippen LogP contribution in [0.15, 0.2) is 4.99 Å². The Kier molecular flexibility index (Phi) is 9.27. The topological polar surface area (TPSA) is 62.4 Å². The van der Waals surface area contributed by atoms with E-state index in [-0.39, 0.29) is 0 Å². The predicted octanol–water partition coefficient (Wildman–Crippen LogP) is 1.63. The number of guanidine groups is 1. The van der Waals surface area contributed by atoms with Crippen molar-refractivity contribution in [2.45, 2.75) is 46.5 Å². The maximum atomic E-state index is 5.34. The van der Waals surface area contributed by atoms with Gasteiger partial charge in [0.15, 0.2) is 0 Å². The highest BCUT2D eigenvalue weighted by Crippen LogP contribution is 2.12. The minimum absolute atomic E-state index is 0.687. The van der Waals surface area contributed by atoms with Gasteiger partial charge < -0.3 is 5.32 Å². The van der Waals surface area contributed by atoms with Crippen molar-refractivity contribution in [1.82, 2.24) is 10.7 Å². The molecule has 4 nitrogen and oxygen atoms in total. The van der Waals surface area contributed by atoms with Gasteiger partial charge in [-0.2, -0.15) is 0 Å². The number of rotatable bonds is 7. The highest BCUT2D eigenvalue weighted by atomic mass is 15.3. The van der Waals surface area contributed by atoms with E-state index in [1.165, 1.54) is 25.7 Å². The summed E-state index contributed by atoms with van der Waals surface area (Å²) >= 11 is 0. The molecule has 4 N–H and O–H groups in total. The lowest BCUT2D eigenvalue weighted by Crippen LogP contribution is -2.41. The predicted molar refractivity (Wildman–Crippen MR) is 66.6 cm³/mol. The molecule has 0 aliphatic rings. The molecule has 0 aromatic carbocycles. The van der Waals surface area contributed by atoms with E-state index in [0.29, 0.717) is 11.9 Å². The molecule has 0 aliphatic heterocycles. The van der Waals surface area contributed by atoms with Crippen LogP contribution in [0, 0.1) is 5.92 Å². The maximum Gasteiger partial charge on any atom is 0.205 e. The molecule has 4 heteroatoms. The van der Waals surface area contributed by atoms with E-state index in [1.807, 2.05) is 6.92 Å². The summed E-state index contributed by atoms with van der Waals surface area (Å²) in [6.07, 6.45) is 5.00. The van der Waals surface area contributed by atoms with Gasteiger partial charge in [0.2, 0.25) is 5.96 Å². The van der Waals surface area contributed by atoms with Crippen LogP contribution >= 0.6 is 0 Å². The molecule has 15 heavy (non-hydrogen) atoms. The molecule has 0 aromatic heterocycles. The largest absolute Gasteiger partial charge is 0.356 e.